The Morgan fingerprint density at radius 2 is 0.478 bits per heavy atom. The lowest BCUT2D eigenvalue weighted by Gasteiger charge is -2.17. The molecule has 0 atom stereocenters. The first kappa shape index (κ1) is 73.6. The van der Waals surface area contributed by atoms with E-state index in [1.165, 1.54) is 0 Å². The molecule has 6 aromatic rings. The second-order valence-corrected chi connectivity index (χ2v) is 27.8. The van der Waals surface area contributed by atoms with Crippen molar-refractivity contribution in [3.8, 4) is 57.4 Å². The van der Waals surface area contributed by atoms with Crippen molar-refractivity contribution in [1.29, 1.82) is 0 Å². The van der Waals surface area contributed by atoms with E-state index in [2.05, 4.69) is 208 Å². The Kier molecular flexibility index (Phi) is 31.3. The van der Waals surface area contributed by atoms with Crippen molar-refractivity contribution in [2.24, 2.45) is 47.3 Å². The lowest BCUT2D eigenvalue weighted by molar-refractivity contribution is 0.281. The molecule has 0 fully saturated rings. The minimum atomic E-state index is 0.483. The first-order valence-corrected chi connectivity index (χ1v) is 34.5. The lowest BCUT2D eigenvalue weighted by atomic mass is 10.0. The standard InChI is InChI=1S/C82H112N2O8/c1-57(2)31-41-85-73-25-27-77(87-43-33-59(5)6)67(51-73)21-23-71-55-79(89-45-35-61(9)10)69(53-81(71)91-47-37-63(13)14)19-17-65-29-39-83-75(49-65)76-50-66(30-40-84-76)18-20-70-54-82(92-48-38-64(15)16)72(56-80(70)90-46-36-62(11)12)24-22-68-52-74(86-42-32-58(3)4)26-28-78(68)88-44-34-60(7)8/h17-30,39-40,49-64H,31-38,41-48H2,1-16H3/b19-17+,20-18+,23-21+,24-22+. The molecule has 2 heterocycles. The average Bonchev–Trinajstić information content (AvgIpc) is 0.856. The summed E-state index contributed by atoms with van der Waals surface area (Å²) in [7, 11) is 0. The summed E-state index contributed by atoms with van der Waals surface area (Å²) in [6.45, 7) is 40.4. The number of hydrogen-bond acceptors (Lipinski definition) is 10. The summed E-state index contributed by atoms with van der Waals surface area (Å²) in [5, 5.41) is 0. The highest BCUT2D eigenvalue weighted by Crippen LogP contribution is 2.37. The van der Waals surface area contributed by atoms with Gasteiger partial charge in [-0.15, -0.1) is 0 Å². The Morgan fingerprint density at radius 3 is 0.739 bits per heavy atom. The van der Waals surface area contributed by atoms with Crippen molar-refractivity contribution in [2.75, 3.05) is 52.9 Å². The Hall–Kier alpha value is -7.46. The topological polar surface area (TPSA) is 99.6 Å². The van der Waals surface area contributed by atoms with Gasteiger partial charge in [0.15, 0.2) is 0 Å². The van der Waals surface area contributed by atoms with Crippen LogP contribution in [-0.4, -0.2) is 62.8 Å². The summed E-state index contributed by atoms with van der Waals surface area (Å²) in [4.78, 5) is 9.68. The molecule has 0 radical (unpaired) electrons. The highest BCUT2D eigenvalue weighted by molar-refractivity contribution is 5.82. The molecule has 2 aromatic heterocycles. The van der Waals surface area contributed by atoms with Gasteiger partial charge in [-0.2, -0.15) is 0 Å². The molecule has 498 valence electrons. The number of aromatic nitrogens is 2. The van der Waals surface area contributed by atoms with Crippen molar-refractivity contribution >= 4 is 48.6 Å². The van der Waals surface area contributed by atoms with Gasteiger partial charge in [0.1, 0.15) is 46.0 Å². The number of pyridine rings is 2. The maximum Gasteiger partial charge on any atom is 0.127 e. The van der Waals surface area contributed by atoms with Gasteiger partial charge in [-0.05, 0) is 195 Å². The zero-order valence-corrected chi connectivity index (χ0v) is 58.9. The average molecular weight is 1250 g/mol. The first-order chi connectivity index (χ1) is 44.2. The maximum absolute atomic E-state index is 6.67. The highest BCUT2D eigenvalue weighted by Gasteiger charge is 2.16. The SMILES string of the molecule is CC(C)CCOc1ccc(OCCC(C)C)c(/C=C/c2cc(OCCC(C)C)c(/C=C/c3ccnc(-c4cc(/C=C/c5cc(OCCC(C)C)c(/C=C/c6cc(OCCC(C)C)ccc6OCCC(C)C)cc5OCCC(C)C)ccn4)c3)cc2OCCC(C)C)c1. The minimum absolute atomic E-state index is 0.483. The zero-order chi connectivity index (χ0) is 66.4. The molecule has 0 aliphatic heterocycles. The van der Waals surface area contributed by atoms with Crippen molar-refractivity contribution in [3.05, 3.63) is 142 Å². The van der Waals surface area contributed by atoms with Crippen molar-refractivity contribution < 1.29 is 37.9 Å². The van der Waals surface area contributed by atoms with E-state index >= 15 is 0 Å². The molecule has 0 saturated carbocycles. The smallest absolute Gasteiger partial charge is 0.127 e. The third-order valence-corrected chi connectivity index (χ3v) is 15.5. The molecule has 0 amide bonds. The number of ether oxygens (including phenoxy) is 8. The normalized spacial score (nSPS) is 12.1. The molecular formula is C82H112N2O8. The van der Waals surface area contributed by atoms with Gasteiger partial charge < -0.3 is 37.9 Å². The van der Waals surface area contributed by atoms with E-state index in [9.17, 15) is 0 Å². The van der Waals surface area contributed by atoms with E-state index in [1.807, 2.05) is 48.8 Å². The van der Waals surface area contributed by atoms with Gasteiger partial charge in [-0.1, -0.05) is 159 Å². The Labute approximate surface area is 555 Å². The van der Waals surface area contributed by atoms with Crippen LogP contribution in [0.2, 0.25) is 0 Å². The number of nitrogens with zero attached hydrogens (tertiary/aromatic N) is 2. The van der Waals surface area contributed by atoms with E-state index < -0.39 is 0 Å². The predicted molar refractivity (Wildman–Crippen MR) is 389 cm³/mol. The molecule has 10 heteroatoms. The molecular weight excluding hydrogens is 1140 g/mol. The molecule has 0 aliphatic carbocycles. The molecule has 4 aromatic carbocycles. The molecule has 0 N–H and O–H groups in total. The third kappa shape index (κ3) is 27.0. The number of rotatable bonds is 41. The summed E-state index contributed by atoms with van der Waals surface area (Å²) in [6.07, 6.45) is 28.2. The maximum atomic E-state index is 6.67. The summed E-state index contributed by atoms with van der Waals surface area (Å²) >= 11 is 0. The van der Waals surface area contributed by atoms with Crippen LogP contribution in [0.15, 0.2) is 97.3 Å². The molecule has 92 heavy (non-hydrogen) atoms. The van der Waals surface area contributed by atoms with Crippen LogP contribution in [0.25, 0.3) is 60.0 Å². The molecule has 0 unspecified atom stereocenters. The largest absolute Gasteiger partial charge is 0.494 e. The fourth-order valence-electron chi connectivity index (χ4n) is 9.32. The van der Waals surface area contributed by atoms with Gasteiger partial charge in [0.05, 0.1) is 64.2 Å². The highest BCUT2D eigenvalue weighted by atomic mass is 16.5. The van der Waals surface area contributed by atoms with Gasteiger partial charge >= 0.3 is 0 Å². The van der Waals surface area contributed by atoms with Gasteiger partial charge in [0, 0.05) is 45.8 Å². The van der Waals surface area contributed by atoms with Crippen LogP contribution in [0.5, 0.6) is 46.0 Å². The van der Waals surface area contributed by atoms with Crippen LogP contribution >= 0.6 is 0 Å². The minimum Gasteiger partial charge on any atom is -0.494 e. The monoisotopic (exact) mass is 1250 g/mol. The van der Waals surface area contributed by atoms with E-state index in [1.54, 1.807) is 0 Å². The summed E-state index contributed by atoms with van der Waals surface area (Å²) < 4.78 is 52.0. The number of hydrogen-bond donors (Lipinski definition) is 0. The number of benzene rings is 4. The lowest BCUT2D eigenvalue weighted by Crippen LogP contribution is -2.05. The van der Waals surface area contributed by atoms with Crippen LogP contribution in [0.1, 0.15) is 207 Å². The molecule has 0 bridgehead atoms. The Balaban J connectivity index is 1.34. The quantitative estimate of drug-likeness (QED) is 0.0345. The molecule has 10 nitrogen and oxygen atoms in total. The van der Waals surface area contributed by atoms with Crippen LogP contribution in [0.3, 0.4) is 0 Å². The van der Waals surface area contributed by atoms with E-state index in [-0.39, 0.29) is 0 Å². The second kappa shape index (κ2) is 39.2. The molecule has 0 spiro atoms. The third-order valence-electron chi connectivity index (χ3n) is 15.5. The summed E-state index contributed by atoms with van der Waals surface area (Å²) in [5.74, 6) is 10.5. The van der Waals surface area contributed by atoms with Gasteiger partial charge in [-0.3, -0.25) is 9.97 Å². The van der Waals surface area contributed by atoms with Crippen LogP contribution in [0.4, 0.5) is 0 Å². The molecule has 6 rings (SSSR count). The zero-order valence-electron chi connectivity index (χ0n) is 58.9. The van der Waals surface area contributed by atoms with Crippen LogP contribution in [0, 0.1) is 47.3 Å². The van der Waals surface area contributed by atoms with Gasteiger partial charge in [0.25, 0.3) is 0 Å². The Bertz CT molecular complexity index is 3060. The van der Waals surface area contributed by atoms with E-state index in [0.29, 0.717) is 100 Å². The van der Waals surface area contributed by atoms with Crippen molar-refractivity contribution in [1.82, 2.24) is 9.97 Å². The van der Waals surface area contributed by atoms with E-state index in [0.717, 1.165) is 153 Å². The van der Waals surface area contributed by atoms with Gasteiger partial charge in [0.2, 0.25) is 0 Å². The van der Waals surface area contributed by atoms with E-state index in [4.69, 9.17) is 47.9 Å². The molecule has 0 saturated heterocycles. The van der Waals surface area contributed by atoms with Crippen LogP contribution < -0.4 is 37.9 Å². The molecule has 0 aliphatic rings. The second-order valence-electron chi connectivity index (χ2n) is 27.8. The first-order valence-electron chi connectivity index (χ1n) is 34.5. The Morgan fingerprint density at radius 1 is 0.250 bits per heavy atom. The van der Waals surface area contributed by atoms with Crippen LogP contribution in [-0.2, 0) is 0 Å². The fraction of sp³-hybridized carbons (Fsp3) is 0.488. The summed E-state index contributed by atoms with van der Waals surface area (Å²) in [6, 6.07) is 28.9. The van der Waals surface area contributed by atoms with Crippen molar-refractivity contribution in [3.63, 3.8) is 0 Å². The van der Waals surface area contributed by atoms with Gasteiger partial charge in [-0.25, -0.2) is 0 Å². The summed E-state index contributed by atoms with van der Waals surface area (Å²) in [5.41, 5.74) is 9.02. The predicted octanol–water partition coefficient (Wildman–Crippen LogP) is 22.2. The van der Waals surface area contributed by atoms with Crippen molar-refractivity contribution in [2.45, 2.75) is 162 Å². The fourth-order valence-corrected chi connectivity index (χ4v) is 9.32.